The van der Waals surface area contributed by atoms with E-state index in [1.807, 2.05) is 0 Å². The van der Waals surface area contributed by atoms with Gasteiger partial charge in [0.2, 0.25) is 0 Å². The maximum Gasteiger partial charge on any atom is -0.0325 e. The van der Waals surface area contributed by atoms with Crippen LogP contribution in [0.4, 0.5) is 0 Å². The molecule has 0 saturated heterocycles. The van der Waals surface area contributed by atoms with E-state index in [1.165, 1.54) is 38.5 Å². The summed E-state index contributed by atoms with van der Waals surface area (Å²) >= 11 is 0. The van der Waals surface area contributed by atoms with Crippen molar-refractivity contribution in [1.29, 1.82) is 0 Å². The molecule has 0 aromatic heterocycles. The van der Waals surface area contributed by atoms with E-state index in [-0.39, 0.29) is 0 Å². The summed E-state index contributed by atoms with van der Waals surface area (Å²) in [5.41, 5.74) is 0. The molecule has 0 aromatic rings. The van der Waals surface area contributed by atoms with Gasteiger partial charge in [-0.3, -0.25) is 0 Å². The molecule has 0 heteroatoms. The van der Waals surface area contributed by atoms with Crippen molar-refractivity contribution in [2.45, 2.75) is 66.2 Å². The van der Waals surface area contributed by atoms with E-state index in [9.17, 15) is 0 Å². The fourth-order valence-corrected chi connectivity index (χ4v) is 1.80. The van der Waals surface area contributed by atoms with E-state index in [2.05, 4.69) is 40.3 Å². The average molecular weight is 210 g/mol. The summed E-state index contributed by atoms with van der Waals surface area (Å²) in [6.45, 7) is 12.8. The largest absolute Gasteiger partial charge is 0.103 e. The van der Waals surface area contributed by atoms with E-state index in [0.717, 1.165) is 17.8 Å². The Morgan fingerprint density at radius 2 is 1.67 bits per heavy atom. The fraction of sp³-hybridized carbons (Fsp3) is 0.867. The Balaban J connectivity index is 0.000000336. The lowest BCUT2D eigenvalue weighted by molar-refractivity contribution is 0.292. The van der Waals surface area contributed by atoms with Crippen LogP contribution < -0.4 is 0 Å². The van der Waals surface area contributed by atoms with E-state index < -0.39 is 0 Å². The minimum atomic E-state index is 0.884. The van der Waals surface area contributed by atoms with E-state index in [0.29, 0.717) is 0 Å². The summed E-state index contributed by atoms with van der Waals surface area (Å²) in [7, 11) is 0. The minimum absolute atomic E-state index is 0.884. The monoisotopic (exact) mass is 210 g/mol. The first kappa shape index (κ1) is 14.7. The molecule has 0 heterocycles. The molecule has 0 unspecified atom stereocenters. The van der Waals surface area contributed by atoms with Crippen LogP contribution in [0.5, 0.6) is 0 Å². The molecule has 0 aromatic carbocycles. The quantitative estimate of drug-likeness (QED) is 0.544. The molecule has 1 aliphatic carbocycles. The topological polar surface area (TPSA) is 0 Å². The Bertz CT molecular complexity index is 138. The summed E-state index contributed by atoms with van der Waals surface area (Å²) in [6, 6.07) is 0. The third kappa shape index (κ3) is 8.72. The van der Waals surface area contributed by atoms with Gasteiger partial charge >= 0.3 is 0 Å². The Hall–Kier alpha value is -0.260. The second-order valence-electron chi connectivity index (χ2n) is 5.45. The van der Waals surface area contributed by atoms with E-state index in [4.69, 9.17) is 0 Å². The summed E-state index contributed by atoms with van der Waals surface area (Å²) in [5.74, 6) is 2.84. The molecule has 15 heavy (non-hydrogen) atoms. The Morgan fingerprint density at radius 3 is 2.00 bits per heavy atom. The van der Waals surface area contributed by atoms with Crippen molar-refractivity contribution in [1.82, 2.24) is 0 Å². The first-order valence-electron chi connectivity index (χ1n) is 6.71. The van der Waals surface area contributed by atoms with Gasteiger partial charge in [-0.25, -0.2) is 0 Å². The van der Waals surface area contributed by atoms with Crippen LogP contribution >= 0.6 is 0 Å². The lowest BCUT2D eigenvalue weighted by atomic mass is 9.81. The standard InChI is InChI=1S/C10H18.C5H12/c1-3-4-10-7-5-9(2)6-8-10;1-4-5(2)3/h3,9-10H,1,4-8H2,2H3;5H,4H2,1-3H3. The smallest absolute Gasteiger partial charge is 0.0325 e. The van der Waals surface area contributed by atoms with Crippen molar-refractivity contribution in [2.24, 2.45) is 17.8 Å². The molecular formula is C15H30. The third-order valence-electron chi connectivity index (χ3n) is 3.45. The van der Waals surface area contributed by atoms with Crippen LogP contribution in [0.2, 0.25) is 0 Å². The SMILES string of the molecule is C=CCC1CCC(C)CC1.CCC(C)C. The maximum absolute atomic E-state index is 3.77. The molecule has 0 N–H and O–H groups in total. The number of hydrogen-bond acceptors (Lipinski definition) is 0. The lowest BCUT2D eigenvalue weighted by Crippen LogP contribution is -2.11. The molecule has 1 rings (SSSR count). The molecule has 1 aliphatic rings. The van der Waals surface area contributed by atoms with Crippen LogP contribution in [0, 0.1) is 17.8 Å². The van der Waals surface area contributed by atoms with Gasteiger partial charge in [-0.1, -0.05) is 53.0 Å². The highest BCUT2D eigenvalue weighted by Gasteiger charge is 2.16. The highest BCUT2D eigenvalue weighted by Crippen LogP contribution is 2.30. The van der Waals surface area contributed by atoms with Crippen LogP contribution in [0.15, 0.2) is 12.7 Å². The molecular weight excluding hydrogens is 180 g/mol. The number of rotatable bonds is 3. The highest BCUT2D eigenvalue weighted by atomic mass is 14.2. The summed E-state index contributed by atoms with van der Waals surface area (Å²) in [4.78, 5) is 0. The summed E-state index contributed by atoms with van der Waals surface area (Å²) in [6.07, 6.45) is 10.4. The zero-order valence-corrected chi connectivity index (χ0v) is 11.3. The predicted molar refractivity (Wildman–Crippen MR) is 71.1 cm³/mol. The summed E-state index contributed by atoms with van der Waals surface area (Å²) < 4.78 is 0. The molecule has 0 radical (unpaired) electrons. The van der Waals surface area contributed by atoms with Gasteiger partial charge in [0.25, 0.3) is 0 Å². The van der Waals surface area contributed by atoms with Gasteiger partial charge in [-0.2, -0.15) is 0 Å². The normalized spacial score (nSPS) is 25.7. The summed E-state index contributed by atoms with van der Waals surface area (Å²) in [5, 5.41) is 0. The van der Waals surface area contributed by atoms with Crippen molar-refractivity contribution in [3.05, 3.63) is 12.7 Å². The van der Waals surface area contributed by atoms with Crippen molar-refractivity contribution in [2.75, 3.05) is 0 Å². The molecule has 1 fully saturated rings. The lowest BCUT2D eigenvalue weighted by Gasteiger charge is -2.24. The van der Waals surface area contributed by atoms with Gasteiger partial charge in [-0.05, 0) is 37.0 Å². The Labute approximate surface area is 97.2 Å². The second-order valence-corrected chi connectivity index (χ2v) is 5.45. The van der Waals surface area contributed by atoms with Crippen LogP contribution in [-0.2, 0) is 0 Å². The van der Waals surface area contributed by atoms with Crippen LogP contribution in [-0.4, -0.2) is 0 Å². The van der Waals surface area contributed by atoms with Crippen LogP contribution in [0.25, 0.3) is 0 Å². The Kier molecular flexibility index (Phi) is 8.85. The van der Waals surface area contributed by atoms with E-state index >= 15 is 0 Å². The molecule has 0 atom stereocenters. The van der Waals surface area contributed by atoms with Crippen molar-refractivity contribution in [3.8, 4) is 0 Å². The predicted octanol–water partition coefficient (Wildman–Crippen LogP) is 5.44. The van der Waals surface area contributed by atoms with Crippen LogP contribution in [0.3, 0.4) is 0 Å². The molecule has 0 amide bonds. The van der Waals surface area contributed by atoms with Gasteiger partial charge in [0.1, 0.15) is 0 Å². The van der Waals surface area contributed by atoms with E-state index in [1.54, 1.807) is 0 Å². The van der Waals surface area contributed by atoms with Gasteiger partial charge in [-0.15, -0.1) is 6.58 Å². The first-order chi connectivity index (χ1) is 7.10. The molecule has 0 aliphatic heterocycles. The van der Waals surface area contributed by atoms with Crippen molar-refractivity contribution >= 4 is 0 Å². The van der Waals surface area contributed by atoms with Gasteiger partial charge in [0.05, 0.1) is 0 Å². The van der Waals surface area contributed by atoms with Gasteiger partial charge in [0, 0.05) is 0 Å². The maximum atomic E-state index is 3.77. The Morgan fingerprint density at radius 1 is 1.20 bits per heavy atom. The molecule has 0 nitrogen and oxygen atoms in total. The zero-order chi connectivity index (χ0) is 11.7. The number of hydrogen-bond donors (Lipinski definition) is 0. The first-order valence-corrected chi connectivity index (χ1v) is 6.71. The van der Waals surface area contributed by atoms with Gasteiger partial charge in [0.15, 0.2) is 0 Å². The zero-order valence-electron chi connectivity index (χ0n) is 11.3. The molecule has 0 bridgehead atoms. The molecule has 0 spiro atoms. The molecule has 1 saturated carbocycles. The van der Waals surface area contributed by atoms with Gasteiger partial charge < -0.3 is 0 Å². The number of allylic oxidation sites excluding steroid dienone is 1. The fourth-order valence-electron chi connectivity index (χ4n) is 1.80. The van der Waals surface area contributed by atoms with Crippen molar-refractivity contribution in [3.63, 3.8) is 0 Å². The van der Waals surface area contributed by atoms with Crippen molar-refractivity contribution < 1.29 is 0 Å². The average Bonchev–Trinajstić information content (AvgIpc) is 2.23. The highest BCUT2D eigenvalue weighted by molar-refractivity contribution is 4.77. The van der Waals surface area contributed by atoms with Crippen LogP contribution in [0.1, 0.15) is 66.2 Å². The third-order valence-corrected chi connectivity index (χ3v) is 3.45. The minimum Gasteiger partial charge on any atom is -0.103 e. The molecule has 90 valence electrons. The second kappa shape index (κ2) is 9.00.